The van der Waals surface area contributed by atoms with Crippen LogP contribution in [0.15, 0.2) is 24.3 Å². The number of benzene rings is 1. The van der Waals surface area contributed by atoms with E-state index in [1.165, 1.54) is 37.1 Å². The number of aromatic hydroxyl groups is 1. The van der Waals surface area contributed by atoms with Crippen LogP contribution in [0.2, 0.25) is 0 Å². The Hall–Kier alpha value is -7.38. The molecule has 2 fully saturated rings. The van der Waals surface area contributed by atoms with E-state index < -0.39 is 164 Å². The Morgan fingerprint density at radius 2 is 1.01 bits per heavy atom. The number of phenols is 1. The zero-order valence-electron chi connectivity index (χ0n) is 44.1. The van der Waals surface area contributed by atoms with Crippen molar-refractivity contribution in [2.24, 2.45) is 28.9 Å². The second-order valence-electron chi connectivity index (χ2n) is 20.2. The molecule has 1 unspecified atom stereocenters. The van der Waals surface area contributed by atoms with Crippen LogP contribution in [0.3, 0.4) is 0 Å². The number of unbranched alkanes of at least 4 members (excludes halogenated alkanes) is 8. The molecule has 1 aromatic carbocycles. The van der Waals surface area contributed by atoms with Crippen LogP contribution < -0.4 is 60.2 Å². The fraction of sp³-hybridized carbons (Fsp3) is 0.647. The number of carbonyl (C=O) groups excluding carboxylic acids is 12. The molecule has 12 amide bonds. The van der Waals surface area contributed by atoms with Crippen molar-refractivity contribution in [2.75, 3.05) is 13.2 Å². The SMILES string of the molecule is CC(C)CCCCCCCCCCCC1CC(=O)N[C@@H](CC(N)=O)C(=O)N[C@@H](Cc2ccc(O)cc2)C(=O)N[C@@H](CC(N)=O)C(=O)N[C@@H](CCC(N)=O)C(=O)N2CCC[C@H]2C(=O)N[C@@H](CO)C(=O)N[C@@H](CC(N)=O)C(=O)N1. The molecule has 2 heterocycles. The Labute approximate surface area is 447 Å². The van der Waals surface area contributed by atoms with Crippen LogP contribution in [-0.4, -0.2) is 147 Å². The van der Waals surface area contributed by atoms with Crippen LogP contribution in [0, 0.1) is 5.92 Å². The first-order valence-corrected chi connectivity index (χ1v) is 26.4. The zero-order valence-corrected chi connectivity index (χ0v) is 44.1. The number of aliphatic hydroxyl groups excluding tert-OH is 1. The zero-order chi connectivity index (χ0) is 57.2. The Balaban J connectivity index is 2.09. The van der Waals surface area contributed by atoms with Gasteiger partial charge in [-0.2, -0.15) is 0 Å². The summed E-state index contributed by atoms with van der Waals surface area (Å²) >= 11 is 0. The lowest BCUT2D eigenvalue weighted by atomic mass is 10.0. The molecule has 8 atom stereocenters. The molecule has 0 spiro atoms. The number of carbonyl (C=O) groups is 12. The van der Waals surface area contributed by atoms with Crippen molar-refractivity contribution >= 4 is 70.9 Å². The van der Waals surface area contributed by atoms with Crippen molar-refractivity contribution in [3.05, 3.63) is 29.8 Å². The molecule has 26 heteroatoms. The van der Waals surface area contributed by atoms with Gasteiger partial charge in [-0.15, -0.1) is 0 Å². The Bertz CT molecular complexity index is 2230. The molecule has 26 nitrogen and oxygen atoms in total. The van der Waals surface area contributed by atoms with Gasteiger partial charge in [-0.3, -0.25) is 57.5 Å². The van der Waals surface area contributed by atoms with Gasteiger partial charge in [-0.1, -0.05) is 90.2 Å². The van der Waals surface area contributed by atoms with E-state index in [1.54, 1.807) is 0 Å². The van der Waals surface area contributed by atoms with Crippen molar-refractivity contribution in [2.45, 2.75) is 191 Å². The molecule has 0 aromatic heterocycles. The standard InChI is InChI=1S/C51H80N12O14/c1-29(2)13-10-8-6-4-3-5-7-9-11-14-31-24-44(70)57-35(25-41(53)67)47(73)59-34(23-30-16-18-32(65)19-17-30)46(72)60-37(27-43(55)69)48(74)58-33(20-21-40(52)66)51(77)63-22-12-15-39(63)50(76)62-38(28-64)49(75)61-36(26-42(54)68)45(71)56-31/h16-19,29,31,33-39,64-65H,3-15,20-28H2,1-2H3,(H2,52,66)(H2,53,67)(H2,54,68)(H2,55,69)(H,56,71)(H,57,70)(H,58,74)(H,59,73)(H,60,72)(H,61,75)(H,62,76)/t31?,33-,34-,35-,36-,37-,38-,39-/m0/s1. The number of nitrogens with one attached hydrogen (secondary N) is 7. The Morgan fingerprint density at radius 1 is 0.558 bits per heavy atom. The van der Waals surface area contributed by atoms with Crippen LogP contribution in [0.5, 0.6) is 5.75 Å². The van der Waals surface area contributed by atoms with Crippen molar-refractivity contribution in [3.8, 4) is 5.75 Å². The third-order valence-electron chi connectivity index (χ3n) is 13.2. The first-order valence-electron chi connectivity index (χ1n) is 26.4. The molecule has 77 heavy (non-hydrogen) atoms. The van der Waals surface area contributed by atoms with Gasteiger partial charge >= 0.3 is 0 Å². The predicted octanol–water partition coefficient (Wildman–Crippen LogP) is -2.45. The third-order valence-corrected chi connectivity index (χ3v) is 13.2. The monoisotopic (exact) mass is 1080 g/mol. The highest BCUT2D eigenvalue weighted by molar-refractivity contribution is 6.00. The molecule has 2 saturated heterocycles. The van der Waals surface area contributed by atoms with E-state index in [0.29, 0.717) is 24.3 Å². The quantitative estimate of drug-likeness (QED) is 0.0479. The maximum Gasteiger partial charge on any atom is 0.245 e. The minimum absolute atomic E-state index is 0.0167. The summed E-state index contributed by atoms with van der Waals surface area (Å²) in [6.45, 7) is 3.28. The van der Waals surface area contributed by atoms with E-state index in [9.17, 15) is 67.7 Å². The van der Waals surface area contributed by atoms with Crippen LogP contribution in [0.25, 0.3) is 0 Å². The first kappa shape index (κ1) is 63.9. The van der Waals surface area contributed by atoms with E-state index >= 15 is 0 Å². The van der Waals surface area contributed by atoms with E-state index in [-0.39, 0.29) is 38.0 Å². The Morgan fingerprint density at radius 3 is 1.53 bits per heavy atom. The normalized spacial score (nSPS) is 23.7. The molecular weight excluding hydrogens is 1000 g/mol. The highest BCUT2D eigenvalue weighted by Crippen LogP contribution is 2.21. The number of nitrogens with two attached hydrogens (primary N) is 4. The predicted molar refractivity (Wildman–Crippen MR) is 277 cm³/mol. The molecule has 2 aliphatic rings. The number of phenolic OH excluding ortho intramolecular Hbond substituents is 1. The average Bonchev–Trinajstić information content (AvgIpc) is 3.85. The molecule has 17 N–H and O–H groups in total. The third kappa shape index (κ3) is 23.6. The number of primary amides is 4. The summed E-state index contributed by atoms with van der Waals surface area (Å²) in [5.41, 5.74) is 22.3. The van der Waals surface area contributed by atoms with Gasteiger partial charge < -0.3 is 75.3 Å². The lowest BCUT2D eigenvalue weighted by Crippen LogP contribution is -2.60. The largest absolute Gasteiger partial charge is 0.508 e. The minimum Gasteiger partial charge on any atom is -0.508 e. The topological polar surface area (TPSA) is 437 Å². The van der Waals surface area contributed by atoms with Gasteiger partial charge in [0.1, 0.15) is 48.0 Å². The molecule has 2 aliphatic heterocycles. The summed E-state index contributed by atoms with van der Waals surface area (Å²) in [7, 11) is 0. The van der Waals surface area contributed by atoms with Gasteiger partial charge in [-0.25, -0.2) is 0 Å². The van der Waals surface area contributed by atoms with Crippen LogP contribution in [0.4, 0.5) is 0 Å². The number of hydrogen-bond donors (Lipinski definition) is 13. The molecule has 0 aliphatic carbocycles. The van der Waals surface area contributed by atoms with Crippen molar-refractivity contribution in [1.29, 1.82) is 0 Å². The summed E-state index contributed by atoms with van der Waals surface area (Å²) in [5.74, 6) is -11.9. The summed E-state index contributed by atoms with van der Waals surface area (Å²) in [6, 6.07) is -7.35. The maximum absolute atomic E-state index is 14.3. The summed E-state index contributed by atoms with van der Waals surface area (Å²) < 4.78 is 0. The van der Waals surface area contributed by atoms with Crippen LogP contribution >= 0.6 is 0 Å². The second kappa shape index (κ2) is 32.9. The van der Waals surface area contributed by atoms with Gasteiger partial charge in [0.2, 0.25) is 70.9 Å². The Kier molecular flexibility index (Phi) is 27.3. The van der Waals surface area contributed by atoms with Crippen molar-refractivity contribution in [3.63, 3.8) is 0 Å². The van der Waals surface area contributed by atoms with E-state index in [1.807, 2.05) is 0 Å². The molecular formula is C51H80N12O14. The smallest absolute Gasteiger partial charge is 0.245 e. The highest BCUT2D eigenvalue weighted by Gasteiger charge is 2.41. The van der Waals surface area contributed by atoms with Gasteiger partial charge in [0, 0.05) is 31.8 Å². The lowest BCUT2D eigenvalue weighted by Gasteiger charge is -2.30. The summed E-state index contributed by atoms with van der Waals surface area (Å²) in [6.07, 6.45) is 5.86. The van der Waals surface area contributed by atoms with Crippen LogP contribution in [-0.2, 0) is 64.0 Å². The van der Waals surface area contributed by atoms with Crippen molar-refractivity contribution in [1.82, 2.24) is 42.1 Å². The molecule has 0 saturated carbocycles. The van der Waals surface area contributed by atoms with Crippen LogP contribution in [0.1, 0.15) is 141 Å². The first-order chi connectivity index (χ1) is 36.5. The molecule has 428 valence electrons. The van der Waals surface area contributed by atoms with E-state index in [4.69, 9.17) is 22.9 Å². The fourth-order valence-electron chi connectivity index (χ4n) is 9.09. The average molecular weight is 1090 g/mol. The van der Waals surface area contributed by atoms with E-state index in [0.717, 1.165) is 43.4 Å². The number of rotatable bonds is 24. The molecule has 3 rings (SSSR count). The van der Waals surface area contributed by atoms with Crippen molar-refractivity contribution < 1.29 is 67.7 Å². The number of aliphatic hydroxyl groups is 1. The summed E-state index contributed by atoms with van der Waals surface area (Å²) in [5, 5.41) is 37.3. The maximum atomic E-state index is 14.3. The van der Waals surface area contributed by atoms with Gasteiger partial charge in [0.25, 0.3) is 0 Å². The number of nitrogens with zero attached hydrogens (tertiary/aromatic N) is 1. The molecule has 0 bridgehead atoms. The number of fused-ring (bicyclic) bond motifs is 1. The highest BCUT2D eigenvalue weighted by atomic mass is 16.3. The molecule has 1 aromatic rings. The van der Waals surface area contributed by atoms with Gasteiger partial charge in [0.15, 0.2) is 0 Å². The number of hydrogen-bond acceptors (Lipinski definition) is 14. The van der Waals surface area contributed by atoms with Gasteiger partial charge in [-0.05, 0) is 49.3 Å². The second-order valence-corrected chi connectivity index (χ2v) is 20.2. The summed E-state index contributed by atoms with van der Waals surface area (Å²) in [4.78, 5) is 162. The fourth-order valence-corrected chi connectivity index (χ4v) is 9.09. The van der Waals surface area contributed by atoms with Gasteiger partial charge in [0.05, 0.1) is 25.9 Å². The number of amides is 12. The minimum atomic E-state index is -1.85. The molecule has 0 radical (unpaired) electrons. The lowest BCUT2D eigenvalue weighted by molar-refractivity contribution is -0.143. The van der Waals surface area contributed by atoms with E-state index in [2.05, 4.69) is 51.1 Å².